The number of fused-ring (bicyclic) bond motifs is 1. The standard InChI is InChI=1S/C19H22N4O3S3/c1-10(2)8-20-18(26)21-15(24)11(3)29-19-22-16-14(17(25)23(19)4)12(9-28-16)13-6-5-7-27-13/h5-7,9-11H,8H2,1-4H3,(H2,20,21,24,26). The summed E-state index contributed by atoms with van der Waals surface area (Å²) in [5.41, 5.74) is 0.738. The van der Waals surface area contributed by atoms with Crippen molar-refractivity contribution in [1.82, 2.24) is 20.2 Å². The van der Waals surface area contributed by atoms with Crippen LogP contribution in [-0.4, -0.2) is 33.3 Å². The predicted octanol–water partition coefficient (Wildman–Crippen LogP) is 3.69. The van der Waals surface area contributed by atoms with Crippen LogP contribution in [0.25, 0.3) is 20.7 Å². The average Bonchev–Trinajstić information content (AvgIpc) is 3.33. The molecule has 0 bridgehead atoms. The number of rotatable bonds is 6. The molecule has 29 heavy (non-hydrogen) atoms. The van der Waals surface area contributed by atoms with Crippen LogP contribution in [0.3, 0.4) is 0 Å². The van der Waals surface area contributed by atoms with E-state index in [4.69, 9.17) is 0 Å². The number of imide groups is 1. The molecule has 0 spiro atoms. The highest BCUT2D eigenvalue weighted by Gasteiger charge is 2.22. The fraction of sp³-hybridized carbons (Fsp3) is 0.368. The van der Waals surface area contributed by atoms with E-state index in [9.17, 15) is 14.4 Å². The van der Waals surface area contributed by atoms with E-state index in [-0.39, 0.29) is 11.5 Å². The number of urea groups is 1. The molecule has 3 aromatic heterocycles. The third-order valence-electron chi connectivity index (χ3n) is 4.12. The Morgan fingerprint density at radius 3 is 2.69 bits per heavy atom. The molecule has 0 saturated carbocycles. The number of aromatic nitrogens is 2. The summed E-state index contributed by atoms with van der Waals surface area (Å²) >= 11 is 4.13. The Hall–Kier alpha value is -2.17. The number of nitrogens with zero attached hydrogens (tertiary/aromatic N) is 2. The van der Waals surface area contributed by atoms with Gasteiger partial charge in [-0.1, -0.05) is 31.7 Å². The van der Waals surface area contributed by atoms with Gasteiger partial charge < -0.3 is 5.32 Å². The molecule has 0 aliphatic carbocycles. The Morgan fingerprint density at radius 2 is 2.03 bits per heavy atom. The molecule has 0 saturated heterocycles. The highest BCUT2D eigenvalue weighted by Crippen LogP contribution is 2.34. The van der Waals surface area contributed by atoms with E-state index >= 15 is 0 Å². The summed E-state index contributed by atoms with van der Waals surface area (Å²) in [6.45, 7) is 6.10. The van der Waals surface area contributed by atoms with E-state index in [1.165, 1.54) is 15.9 Å². The lowest BCUT2D eigenvalue weighted by Gasteiger charge is -2.14. The van der Waals surface area contributed by atoms with E-state index in [2.05, 4.69) is 15.6 Å². The fourth-order valence-electron chi connectivity index (χ4n) is 2.54. The fourth-order valence-corrected chi connectivity index (χ4v) is 5.21. The molecular formula is C19H22N4O3S3. The molecule has 154 valence electrons. The molecule has 0 aliphatic rings. The van der Waals surface area contributed by atoms with Crippen LogP contribution in [0.2, 0.25) is 0 Å². The molecule has 0 aromatic carbocycles. The molecule has 3 amide bonds. The molecule has 0 aliphatic heterocycles. The second-order valence-corrected chi connectivity index (χ2v) is 10.0. The van der Waals surface area contributed by atoms with E-state index in [0.717, 1.165) is 22.2 Å². The number of hydrogen-bond donors (Lipinski definition) is 2. The van der Waals surface area contributed by atoms with Gasteiger partial charge in [-0.25, -0.2) is 9.78 Å². The van der Waals surface area contributed by atoms with Crippen LogP contribution in [0.15, 0.2) is 32.8 Å². The number of amides is 3. The molecule has 10 heteroatoms. The number of thioether (sulfide) groups is 1. The van der Waals surface area contributed by atoms with Gasteiger partial charge in [0.25, 0.3) is 5.56 Å². The Bertz CT molecular complexity index is 1090. The summed E-state index contributed by atoms with van der Waals surface area (Å²) in [5.74, 6) is -0.144. The van der Waals surface area contributed by atoms with Crippen LogP contribution >= 0.6 is 34.4 Å². The smallest absolute Gasteiger partial charge is 0.321 e. The molecule has 1 unspecified atom stereocenters. The molecule has 0 fully saturated rings. The Labute approximate surface area is 180 Å². The van der Waals surface area contributed by atoms with Crippen LogP contribution in [-0.2, 0) is 11.8 Å². The van der Waals surface area contributed by atoms with Gasteiger partial charge in [-0.15, -0.1) is 22.7 Å². The quantitative estimate of drug-likeness (QED) is 0.441. The van der Waals surface area contributed by atoms with Crippen molar-refractivity contribution >= 4 is 56.6 Å². The van der Waals surface area contributed by atoms with Crippen molar-refractivity contribution in [3.05, 3.63) is 33.2 Å². The number of thiophene rings is 2. The Morgan fingerprint density at radius 1 is 1.28 bits per heavy atom. The van der Waals surface area contributed by atoms with Crippen molar-refractivity contribution in [3.8, 4) is 10.4 Å². The van der Waals surface area contributed by atoms with Crippen LogP contribution in [0, 0.1) is 5.92 Å². The normalized spacial score (nSPS) is 12.3. The number of nitrogens with one attached hydrogen (secondary N) is 2. The highest BCUT2D eigenvalue weighted by atomic mass is 32.2. The maximum absolute atomic E-state index is 13.0. The molecular weight excluding hydrogens is 428 g/mol. The second-order valence-electron chi connectivity index (χ2n) is 6.92. The number of carbonyl (C=O) groups excluding carboxylic acids is 2. The zero-order valence-corrected chi connectivity index (χ0v) is 19.0. The first kappa shape index (κ1) is 21.5. The number of hydrogen-bond acceptors (Lipinski definition) is 7. The van der Waals surface area contributed by atoms with Gasteiger partial charge in [-0.2, -0.15) is 0 Å². The van der Waals surface area contributed by atoms with E-state index in [1.54, 1.807) is 25.3 Å². The maximum Gasteiger partial charge on any atom is 0.321 e. The van der Waals surface area contributed by atoms with E-state index < -0.39 is 17.2 Å². The minimum absolute atomic E-state index is 0.149. The maximum atomic E-state index is 13.0. The van der Waals surface area contributed by atoms with Crippen molar-refractivity contribution in [2.24, 2.45) is 13.0 Å². The van der Waals surface area contributed by atoms with E-state index in [0.29, 0.717) is 21.9 Å². The molecule has 3 heterocycles. The molecule has 3 aromatic rings. The lowest BCUT2D eigenvalue weighted by Crippen LogP contribution is -2.43. The first-order chi connectivity index (χ1) is 13.8. The summed E-state index contributed by atoms with van der Waals surface area (Å²) in [7, 11) is 1.65. The topological polar surface area (TPSA) is 93.1 Å². The monoisotopic (exact) mass is 450 g/mol. The third kappa shape index (κ3) is 4.88. The molecule has 0 radical (unpaired) electrons. The summed E-state index contributed by atoms with van der Waals surface area (Å²) < 4.78 is 1.46. The lowest BCUT2D eigenvalue weighted by atomic mass is 10.2. The highest BCUT2D eigenvalue weighted by molar-refractivity contribution is 8.00. The van der Waals surface area contributed by atoms with Gasteiger partial charge in [0.15, 0.2) is 5.16 Å². The predicted molar refractivity (Wildman–Crippen MR) is 120 cm³/mol. The van der Waals surface area contributed by atoms with Crippen LogP contribution < -0.4 is 16.2 Å². The molecule has 2 N–H and O–H groups in total. The largest absolute Gasteiger partial charge is 0.338 e. The minimum atomic E-state index is -0.591. The minimum Gasteiger partial charge on any atom is -0.338 e. The Balaban J connectivity index is 1.78. The van der Waals surface area contributed by atoms with Gasteiger partial charge in [0.1, 0.15) is 4.83 Å². The van der Waals surface area contributed by atoms with Gasteiger partial charge in [-0.3, -0.25) is 19.5 Å². The first-order valence-corrected chi connectivity index (χ1v) is 11.7. The summed E-state index contributed by atoms with van der Waals surface area (Å²) in [4.78, 5) is 43.3. The zero-order chi connectivity index (χ0) is 21.1. The van der Waals surface area contributed by atoms with Gasteiger partial charge in [0, 0.05) is 29.4 Å². The molecule has 1 atom stereocenters. The van der Waals surface area contributed by atoms with Gasteiger partial charge in [0.05, 0.1) is 10.6 Å². The summed E-state index contributed by atoms with van der Waals surface area (Å²) in [6.07, 6.45) is 0. The summed E-state index contributed by atoms with van der Waals surface area (Å²) in [5, 5.41) is 9.32. The van der Waals surface area contributed by atoms with Gasteiger partial charge in [-0.05, 0) is 24.3 Å². The van der Waals surface area contributed by atoms with Gasteiger partial charge in [0.2, 0.25) is 5.91 Å². The molecule has 3 rings (SSSR count). The van der Waals surface area contributed by atoms with Crippen LogP contribution in [0.1, 0.15) is 20.8 Å². The van der Waals surface area contributed by atoms with Gasteiger partial charge >= 0.3 is 6.03 Å². The SMILES string of the molecule is CC(C)CNC(=O)NC(=O)C(C)Sc1nc2scc(-c3cccs3)c2c(=O)n1C. The zero-order valence-electron chi connectivity index (χ0n) is 16.5. The summed E-state index contributed by atoms with van der Waals surface area (Å²) in [6, 6.07) is 3.40. The van der Waals surface area contributed by atoms with Crippen molar-refractivity contribution < 1.29 is 9.59 Å². The van der Waals surface area contributed by atoms with E-state index in [1.807, 2.05) is 36.7 Å². The van der Waals surface area contributed by atoms with Crippen LogP contribution in [0.5, 0.6) is 0 Å². The van der Waals surface area contributed by atoms with Crippen molar-refractivity contribution in [2.45, 2.75) is 31.2 Å². The van der Waals surface area contributed by atoms with Crippen LogP contribution in [0.4, 0.5) is 4.79 Å². The first-order valence-electron chi connectivity index (χ1n) is 9.05. The van der Waals surface area contributed by atoms with Crippen molar-refractivity contribution in [3.63, 3.8) is 0 Å². The second kappa shape index (κ2) is 9.10. The van der Waals surface area contributed by atoms with Crippen molar-refractivity contribution in [2.75, 3.05) is 6.54 Å². The van der Waals surface area contributed by atoms with Crippen molar-refractivity contribution in [1.29, 1.82) is 0 Å². The third-order valence-corrected chi connectivity index (χ3v) is 7.04. The lowest BCUT2D eigenvalue weighted by molar-refractivity contribution is -0.119. The molecule has 7 nitrogen and oxygen atoms in total. The Kier molecular flexibility index (Phi) is 6.76. The number of carbonyl (C=O) groups is 2. The average molecular weight is 451 g/mol.